The molecular formula is C17H16N2O3S. The molecule has 0 spiro atoms. The van der Waals surface area contributed by atoms with E-state index >= 15 is 0 Å². The molecule has 1 amide bonds. The van der Waals surface area contributed by atoms with E-state index in [2.05, 4.69) is 0 Å². The first kappa shape index (κ1) is 16.7. The molecule has 118 valence electrons. The van der Waals surface area contributed by atoms with Gasteiger partial charge in [0.15, 0.2) is 0 Å². The zero-order chi connectivity index (χ0) is 16.7. The average Bonchev–Trinajstić information content (AvgIpc) is 2.55. The SMILES string of the molecule is N#Cc1cccc(S(=O)(=O)NC(=O)CCCc2ccccc2)c1. The van der Waals surface area contributed by atoms with Crippen LogP contribution in [0.3, 0.4) is 0 Å². The Labute approximate surface area is 135 Å². The van der Waals surface area contributed by atoms with Crippen molar-refractivity contribution in [2.75, 3.05) is 0 Å². The highest BCUT2D eigenvalue weighted by Gasteiger charge is 2.17. The summed E-state index contributed by atoms with van der Waals surface area (Å²) in [6, 6.07) is 17.1. The molecule has 0 fully saturated rings. The van der Waals surface area contributed by atoms with Crippen molar-refractivity contribution in [3.05, 3.63) is 65.7 Å². The third kappa shape index (κ3) is 4.94. The fraction of sp³-hybridized carbons (Fsp3) is 0.176. The molecule has 0 radical (unpaired) electrons. The predicted octanol–water partition coefficient (Wildman–Crippen LogP) is 2.39. The maximum atomic E-state index is 12.1. The molecule has 6 heteroatoms. The van der Waals surface area contributed by atoms with Crippen LogP contribution < -0.4 is 4.72 Å². The lowest BCUT2D eigenvalue weighted by Gasteiger charge is -2.07. The molecule has 2 rings (SSSR count). The zero-order valence-corrected chi connectivity index (χ0v) is 13.2. The summed E-state index contributed by atoms with van der Waals surface area (Å²) in [6.45, 7) is 0. The van der Waals surface area contributed by atoms with Crippen LogP contribution >= 0.6 is 0 Å². The molecule has 0 aliphatic carbocycles. The number of rotatable bonds is 6. The van der Waals surface area contributed by atoms with E-state index in [1.165, 1.54) is 24.3 Å². The van der Waals surface area contributed by atoms with E-state index in [4.69, 9.17) is 5.26 Å². The number of amides is 1. The molecule has 2 aromatic carbocycles. The van der Waals surface area contributed by atoms with Crippen LogP contribution in [0.1, 0.15) is 24.0 Å². The number of nitrogens with zero attached hydrogens (tertiary/aromatic N) is 1. The largest absolute Gasteiger partial charge is 0.274 e. The number of carbonyl (C=O) groups excluding carboxylic acids is 1. The third-order valence-corrected chi connectivity index (χ3v) is 4.60. The highest BCUT2D eigenvalue weighted by Crippen LogP contribution is 2.11. The summed E-state index contributed by atoms with van der Waals surface area (Å²) in [4.78, 5) is 11.7. The van der Waals surface area contributed by atoms with E-state index in [0.29, 0.717) is 12.8 Å². The topological polar surface area (TPSA) is 87.0 Å². The maximum Gasteiger partial charge on any atom is 0.264 e. The molecular weight excluding hydrogens is 312 g/mol. The summed E-state index contributed by atoms with van der Waals surface area (Å²) in [5.74, 6) is -0.553. The van der Waals surface area contributed by atoms with Gasteiger partial charge in [-0.25, -0.2) is 13.1 Å². The molecule has 0 aliphatic rings. The van der Waals surface area contributed by atoms with Gasteiger partial charge >= 0.3 is 0 Å². The first-order chi connectivity index (χ1) is 11.0. The van der Waals surface area contributed by atoms with Gasteiger partial charge in [-0.3, -0.25) is 4.79 Å². The molecule has 0 saturated heterocycles. The van der Waals surface area contributed by atoms with Crippen LogP contribution in [0.2, 0.25) is 0 Å². The van der Waals surface area contributed by atoms with Gasteiger partial charge in [0.25, 0.3) is 10.0 Å². The Balaban J connectivity index is 1.92. The third-order valence-electron chi connectivity index (χ3n) is 3.23. The Bertz CT molecular complexity index is 824. The first-order valence-corrected chi connectivity index (χ1v) is 8.59. The second kappa shape index (κ2) is 7.56. The predicted molar refractivity (Wildman–Crippen MR) is 85.9 cm³/mol. The van der Waals surface area contributed by atoms with Crippen molar-refractivity contribution in [2.24, 2.45) is 0 Å². The quantitative estimate of drug-likeness (QED) is 0.882. The monoisotopic (exact) mass is 328 g/mol. The van der Waals surface area contributed by atoms with Crippen molar-refractivity contribution in [3.63, 3.8) is 0 Å². The minimum absolute atomic E-state index is 0.0899. The summed E-state index contributed by atoms with van der Waals surface area (Å²) in [5, 5.41) is 8.80. The van der Waals surface area contributed by atoms with E-state index < -0.39 is 15.9 Å². The van der Waals surface area contributed by atoms with Gasteiger partial charge in [0.1, 0.15) is 0 Å². The van der Waals surface area contributed by atoms with Crippen molar-refractivity contribution < 1.29 is 13.2 Å². The van der Waals surface area contributed by atoms with Gasteiger partial charge in [0.05, 0.1) is 16.5 Å². The lowest BCUT2D eigenvalue weighted by Crippen LogP contribution is -2.30. The van der Waals surface area contributed by atoms with Crippen molar-refractivity contribution in [3.8, 4) is 6.07 Å². The van der Waals surface area contributed by atoms with Crippen molar-refractivity contribution >= 4 is 15.9 Å². The number of hydrogen-bond donors (Lipinski definition) is 1. The minimum atomic E-state index is -3.94. The molecule has 2 aromatic rings. The first-order valence-electron chi connectivity index (χ1n) is 7.11. The number of carbonyl (C=O) groups is 1. The summed E-state index contributed by atoms with van der Waals surface area (Å²) in [7, 11) is -3.94. The number of benzene rings is 2. The minimum Gasteiger partial charge on any atom is -0.274 e. The number of nitrogens with one attached hydrogen (secondary N) is 1. The van der Waals surface area contributed by atoms with Gasteiger partial charge in [0.2, 0.25) is 5.91 Å². The van der Waals surface area contributed by atoms with Gasteiger partial charge in [0, 0.05) is 6.42 Å². The molecule has 0 saturated carbocycles. The van der Waals surface area contributed by atoms with Crippen LogP contribution in [-0.2, 0) is 21.2 Å². The van der Waals surface area contributed by atoms with Gasteiger partial charge < -0.3 is 0 Å². The van der Waals surface area contributed by atoms with E-state index in [1.54, 1.807) is 0 Å². The van der Waals surface area contributed by atoms with E-state index in [1.807, 2.05) is 41.1 Å². The summed E-state index contributed by atoms with van der Waals surface area (Å²) in [6.07, 6.45) is 1.38. The molecule has 0 bridgehead atoms. The van der Waals surface area contributed by atoms with Gasteiger partial charge in [-0.15, -0.1) is 0 Å². The summed E-state index contributed by atoms with van der Waals surface area (Å²) >= 11 is 0. The van der Waals surface area contributed by atoms with Gasteiger partial charge in [-0.05, 0) is 36.6 Å². The Morgan fingerprint density at radius 2 is 1.83 bits per heavy atom. The van der Waals surface area contributed by atoms with E-state index in [0.717, 1.165) is 5.56 Å². The molecule has 0 aromatic heterocycles. The zero-order valence-electron chi connectivity index (χ0n) is 12.4. The summed E-state index contributed by atoms with van der Waals surface area (Å²) < 4.78 is 26.2. The van der Waals surface area contributed by atoms with Crippen LogP contribution in [0, 0.1) is 11.3 Å². The number of sulfonamides is 1. The smallest absolute Gasteiger partial charge is 0.264 e. The van der Waals surface area contributed by atoms with Crippen LogP contribution in [0.5, 0.6) is 0 Å². The Morgan fingerprint density at radius 3 is 2.52 bits per heavy atom. The van der Waals surface area contributed by atoms with E-state index in [-0.39, 0.29) is 16.9 Å². The normalized spacial score (nSPS) is 10.7. The highest BCUT2D eigenvalue weighted by atomic mass is 32.2. The molecule has 5 nitrogen and oxygen atoms in total. The van der Waals surface area contributed by atoms with Crippen molar-refractivity contribution in [2.45, 2.75) is 24.2 Å². The molecule has 0 aliphatic heterocycles. The number of hydrogen-bond acceptors (Lipinski definition) is 4. The second-order valence-electron chi connectivity index (χ2n) is 5.01. The Kier molecular flexibility index (Phi) is 5.50. The van der Waals surface area contributed by atoms with Crippen molar-refractivity contribution in [1.82, 2.24) is 4.72 Å². The number of nitriles is 1. The molecule has 0 unspecified atom stereocenters. The fourth-order valence-corrected chi connectivity index (χ4v) is 3.15. The Morgan fingerprint density at radius 1 is 1.09 bits per heavy atom. The molecule has 0 heterocycles. The van der Waals surface area contributed by atoms with Crippen LogP contribution in [-0.4, -0.2) is 14.3 Å². The lowest BCUT2D eigenvalue weighted by molar-refractivity contribution is -0.119. The molecule has 0 atom stereocenters. The maximum absolute atomic E-state index is 12.1. The Hall–Kier alpha value is -2.65. The van der Waals surface area contributed by atoms with Crippen LogP contribution in [0.25, 0.3) is 0 Å². The van der Waals surface area contributed by atoms with Gasteiger partial charge in [-0.2, -0.15) is 5.26 Å². The fourth-order valence-electron chi connectivity index (χ4n) is 2.09. The van der Waals surface area contributed by atoms with Crippen LogP contribution in [0.4, 0.5) is 0 Å². The average molecular weight is 328 g/mol. The highest BCUT2D eigenvalue weighted by molar-refractivity contribution is 7.90. The van der Waals surface area contributed by atoms with Crippen LogP contribution in [0.15, 0.2) is 59.5 Å². The second-order valence-corrected chi connectivity index (χ2v) is 6.69. The van der Waals surface area contributed by atoms with Gasteiger partial charge in [-0.1, -0.05) is 36.4 Å². The standard InChI is InChI=1S/C17H16N2O3S/c18-13-15-9-4-10-16(12-15)23(21,22)19-17(20)11-5-8-14-6-2-1-3-7-14/h1-4,6-7,9-10,12H,5,8,11H2,(H,19,20). The van der Waals surface area contributed by atoms with Crippen molar-refractivity contribution in [1.29, 1.82) is 5.26 Å². The molecule has 1 N–H and O–H groups in total. The lowest BCUT2D eigenvalue weighted by atomic mass is 10.1. The molecule has 23 heavy (non-hydrogen) atoms. The number of aryl methyl sites for hydroxylation is 1. The van der Waals surface area contributed by atoms with E-state index in [9.17, 15) is 13.2 Å². The summed E-state index contributed by atoms with van der Waals surface area (Å²) in [5.41, 5.74) is 1.33.